The molecule has 0 N–H and O–H groups in total. The van der Waals surface area contributed by atoms with Gasteiger partial charge in [0.05, 0.1) is 0 Å². The van der Waals surface area contributed by atoms with Crippen LogP contribution in [-0.2, 0) is 4.79 Å². The molecule has 2 aliphatic carbocycles. The average molecular weight is 265 g/mol. The van der Waals surface area contributed by atoms with Crippen LogP contribution in [0.2, 0.25) is 0 Å². The minimum absolute atomic E-state index is 0.439. The van der Waals surface area contributed by atoms with E-state index in [4.69, 9.17) is 0 Å². The second-order valence-electron chi connectivity index (χ2n) is 6.98. The lowest BCUT2D eigenvalue weighted by Gasteiger charge is -2.42. The van der Waals surface area contributed by atoms with Crippen molar-refractivity contribution < 1.29 is 4.79 Å². The zero-order valence-electron chi connectivity index (χ0n) is 12.9. The first kappa shape index (κ1) is 14.9. The Labute approximate surface area is 118 Å². The highest BCUT2D eigenvalue weighted by Crippen LogP contribution is 2.31. The highest BCUT2D eigenvalue weighted by molar-refractivity contribution is 5.77. The topological polar surface area (TPSA) is 20.3 Å². The van der Waals surface area contributed by atoms with Gasteiger partial charge in [0.1, 0.15) is 0 Å². The Balaban J connectivity index is 2.04. The summed E-state index contributed by atoms with van der Waals surface area (Å²) < 4.78 is 0. The SMILES string of the molecule is CC(C)CC(=O)N(C1CCCCC1)C1CCCCC1. The van der Waals surface area contributed by atoms with Gasteiger partial charge in [-0.15, -0.1) is 0 Å². The number of rotatable bonds is 4. The van der Waals surface area contributed by atoms with Crippen molar-refractivity contribution in [3.63, 3.8) is 0 Å². The van der Waals surface area contributed by atoms with E-state index in [2.05, 4.69) is 18.7 Å². The third-order valence-corrected chi connectivity index (χ3v) is 4.81. The Kier molecular flexibility index (Phi) is 5.72. The Morgan fingerprint density at radius 1 is 0.895 bits per heavy atom. The van der Waals surface area contributed by atoms with Crippen molar-refractivity contribution in [1.29, 1.82) is 0 Å². The van der Waals surface area contributed by atoms with Crippen LogP contribution in [0.4, 0.5) is 0 Å². The standard InChI is InChI=1S/C17H31NO/c1-14(2)13-17(19)18(15-9-5-3-6-10-15)16-11-7-4-8-12-16/h14-16H,3-13H2,1-2H3. The molecule has 2 saturated carbocycles. The molecule has 0 unspecified atom stereocenters. The lowest BCUT2D eigenvalue weighted by Crippen LogP contribution is -2.49. The fourth-order valence-electron chi connectivity index (χ4n) is 3.88. The van der Waals surface area contributed by atoms with Crippen LogP contribution in [0.5, 0.6) is 0 Å². The van der Waals surface area contributed by atoms with E-state index in [0.717, 1.165) is 6.42 Å². The number of hydrogen-bond acceptors (Lipinski definition) is 1. The number of carbonyl (C=O) groups is 1. The van der Waals surface area contributed by atoms with Gasteiger partial charge in [-0.05, 0) is 31.6 Å². The molecule has 0 aromatic heterocycles. The van der Waals surface area contributed by atoms with Crippen LogP contribution in [0.3, 0.4) is 0 Å². The molecule has 1 amide bonds. The van der Waals surface area contributed by atoms with E-state index in [9.17, 15) is 4.79 Å². The van der Waals surface area contributed by atoms with E-state index in [0.29, 0.717) is 23.9 Å². The third-order valence-electron chi connectivity index (χ3n) is 4.81. The normalized spacial score (nSPS) is 22.7. The molecule has 0 atom stereocenters. The highest BCUT2D eigenvalue weighted by atomic mass is 16.2. The predicted molar refractivity (Wildman–Crippen MR) is 80.0 cm³/mol. The molecule has 2 heteroatoms. The molecule has 2 aliphatic rings. The van der Waals surface area contributed by atoms with Crippen molar-refractivity contribution in [3.8, 4) is 0 Å². The van der Waals surface area contributed by atoms with Gasteiger partial charge < -0.3 is 4.90 Å². The zero-order valence-corrected chi connectivity index (χ0v) is 12.9. The summed E-state index contributed by atoms with van der Waals surface area (Å²) in [5.41, 5.74) is 0. The second-order valence-corrected chi connectivity index (χ2v) is 6.98. The smallest absolute Gasteiger partial charge is 0.223 e. The summed E-state index contributed by atoms with van der Waals surface area (Å²) >= 11 is 0. The van der Waals surface area contributed by atoms with E-state index in [1.165, 1.54) is 64.2 Å². The molecule has 0 bridgehead atoms. The summed E-state index contributed by atoms with van der Waals surface area (Å²) in [4.78, 5) is 15.0. The fourth-order valence-corrected chi connectivity index (χ4v) is 3.88. The summed E-state index contributed by atoms with van der Waals surface area (Å²) in [5, 5.41) is 0. The molecule has 0 aromatic carbocycles. The fraction of sp³-hybridized carbons (Fsp3) is 0.941. The molecule has 2 rings (SSSR count). The van der Waals surface area contributed by atoms with Gasteiger partial charge in [0.2, 0.25) is 5.91 Å². The maximum atomic E-state index is 12.7. The molecular formula is C17H31NO. The monoisotopic (exact) mass is 265 g/mol. The Hall–Kier alpha value is -0.530. The van der Waals surface area contributed by atoms with Crippen LogP contribution >= 0.6 is 0 Å². The van der Waals surface area contributed by atoms with Gasteiger partial charge in [0.15, 0.2) is 0 Å². The molecule has 0 spiro atoms. The van der Waals surface area contributed by atoms with Crippen LogP contribution in [0, 0.1) is 5.92 Å². The largest absolute Gasteiger partial charge is 0.337 e. The van der Waals surface area contributed by atoms with Crippen LogP contribution < -0.4 is 0 Å². The van der Waals surface area contributed by atoms with E-state index in [-0.39, 0.29) is 0 Å². The van der Waals surface area contributed by atoms with Crippen molar-refractivity contribution in [3.05, 3.63) is 0 Å². The molecule has 0 aromatic rings. The summed E-state index contributed by atoms with van der Waals surface area (Å²) in [6.07, 6.45) is 13.8. The number of hydrogen-bond donors (Lipinski definition) is 0. The Morgan fingerprint density at radius 2 is 1.32 bits per heavy atom. The molecule has 19 heavy (non-hydrogen) atoms. The average Bonchev–Trinajstić information content (AvgIpc) is 2.40. The quantitative estimate of drug-likeness (QED) is 0.731. The first-order chi connectivity index (χ1) is 9.18. The molecule has 0 heterocycles. The molecule has 2 fully saturated rings. The second kappa shape index (κ2) is 7.31. The molecule has 0 saturated heterocycles. The van der Waals surface area contributed by atoms with Crippen LogP contribution in [-0.4, -0.2) is 22.9 Å². The third kappa shape index (κ3) is 4.22. The Bertz CT molecular complexity index is 257. The zero-order chi connectivity index (χ0) is 13.7. The maximum Gasteiger partial charge on any atom is 0.223 e. The number of nitrogens with zero attached hydrogens (tertiary/aromatic N) is 1. The van der Waals surface area contributed by atoms with Crippen LogP contribution in [0.15, 0.2) is 0 Å². The first-order valence-electron chi connectivity index (χ1n) is 8.49. The lowest BCUT2D eigenvalue weighted by atomic mass is 9.88. The highest BCUT2D eigenvalue weighted by Gasteiger charge is 2.32. The van der Waals surface area contributed by atoms with Crippen molar-refractivity contribution >= 4 is 5.91 Å². The minimum Gasteiger partial charge on any atom is -0.337 e. The molecule has 110 valence electrons. The molecular weight excluding hydrogens is 234 g/mol. The van der Waals surface area contributed by atoms with E-state index >= 15 is 0 Å². The van der Waals surface area contributed by atoms with Crippen molar-refractivity contribution in [2.24, 2.45) is 5.92 Å². The van der Waals surface area contributed by atoms with Crippen molar-refractivity contribution in [2.75, 3.05) is 0 Å². The Morgan fingerprint density at radius 3 is 1.68 bits per heavy atom. The summed E-state index contributed by atoms with van der Waals surface area (Å²) in [5.74, 6) is 0.927. The summed E-state index contributed by atoms with van der Waals surface area (Å²) in [6.45, 7) is 4.33. The van der Waals surface area contributed by atoms with Crippen LogP contribution in [0.25, 0.3) is 0 Å². The number of carbonyl (C=O) groups excluding carboxylic acids is 1. The number of amides is 1. The van der Waals surface area contributed by atoms with Crippen LogP contribution in [0.1, 0.15) is 84.5 Å². The van der Waals surface area contributed by atoms with E-state index in [1.54, 1.807) is 0 Å². The summed E-state index contributed by atoms with van der Waals surface area (Å²) in [6, 6.07) is 1.12. The first-order valence-corrected chi connectivity index (χ1v) is 8.49. The summed E-state index contributed by atoms with van der Waals surface area (Å²) in [7, 11) is 0. The van der Waals surface area contributed by atoms with Gasteiger partial charge in [-0.1, -0.05) is 52.4 Å². The van der Waals surface area contributed by atoms with E-state index in [1.807, 2.05) is 0 Å². The molecule has 0 aliphatic heterocycles. The van der Waals surface area contributed by atoms with E-state index < -0.39 is 0 Å². The maximum absolute atomic E-state index is 12.7. The molecule has 0 radical (unpaired) electrons. The molecule has 2 nitrogen and oxygen atoms in total. The van der Waals surface area contributed by atoms with Gasteiger partial charge in [0, 0.05) is 18.5 Å². The van der Waals surface area contributed by atoms with Gasteiger partial charge in [-0.3, -0.25) is 4.79 Å². The van der Waals surface area contributed by atoms with Crippen molar-refractivity contribution in [1.82, 2.24) is 4.90 Å². The van der Waals surface area contributed by atoms with Gasteiger partial charge in [0.25, 0.3) is 0 Å². The predicted octanol–water partition coefficient (Wildman–Crippen LogP) is 4.53. The van der Waals surface area contributed by atoms with Gasteiger partial charge in [-0.2, -0.15) is 0 Å². The lowest BCUT2D eigenvalue weighted by molar-refractivity contribution is -0.138. The van der Waals surface area contributed by atoms with Gasteiger partial charge in [-0.25, -0.2) is 0 Å². The minimum atomic E-state index is 0.439. The van der Waals surface area contributed by atoms with Gasteiger partial charge >= 0.3 is 0 Å². The van der Waals surface area contributed by atoms with Crippen molar-refractivity contribution in [2.45, 2.75) is 96.6 Å².